The van der Waals surface area contributed by atoms with E-state index in [1.807, 2.05) is 23.3 Å². The van der Waals surface area contributed by atoms with Crippen LogP contribution in [0.15, 0.2) is 29.9 Å². The van der Waals surface area contributed by atoms with Crippen molar-refractivity contribution in [1.82, 2.24) is 14.9 Å². The van der Waals surface area contributed by atoms with Crippen LogP contribution in [0.5, 0.6) is 11.5 Å². The van der Waals surface area contributed by atoms with Crippen molar-refractivity contribution in [2.24, 2.45) is 0 Å². The molecule has 0 radical (unpaired) electrons. The Labute approximate surface area is 184 Å². The maximum Gasteiger partial charge on any atom is 0.254 e. The molecule has 1 aromatic carbocycles. The summed E-state index contributed by atoms with van der Waals surface area (Å²) in [6.45, 7) is 5.16. The Bertz CT molecular complexity index is 1050. The number of nitrogens with zero attached hydrogens (tertiary/aromatic N) is 4. The number of piperazine rings is 1. The first-order valence-electron chi connectivity index (χ1n) is 9.85. The van der Waals surface area contributed by atoms with Crippen molar-refractivity contribution in [2.75, 3.05) is 44.8 Å². The summed E-state index contributed by atoms with van der Waals surface area (Å²) >= 11 is 7.98. The van der Waals surface area contributed by atoms with Crippen molar-refractivity contribution in [3.8, 4) is 11.5 Å². The van der Waals surface area contributed by atoms with E-state index in [-0.39, 0.29) is 5.91 Å². The molecule has 2 aromatic heterocycles. The molecule has 0 saturated carbocycles. The van der Waals surface area contributed by atoms with Gasteiger partial charge < -0.3 is 19.3 Å². The molecule has 1 saturated heterocycles. The van der Waals surface area contributed by atoms with Crippen LogP contribution in [0.4, 0.5) is 5.82 Å². The zero-order valence-corrected chi connectivity index (χ0v) is 18.5. The van der Waals surface area contributed by atoms with Crippen LogP contribution in [0.3, 0.4) is 0 Å². The van der Waals surface area contributed by atoms with E-state index in [2.05, 4.69) is 14.9 Å². The molecular formula is C21H23ClN4O3S. The van der Waals surface area contributed by atoms with E-state index in [1.54, 1.807) is 36.9 Å². The van der Waals surface area contributed by atoms with Gasteiger partial charge in [-0.25, -0.2) is 9.97 Å². The number of hydrogen-bond donors (Lipinski definition) is 0. The summed E-state index contributed by atoms with van der Waals surface area (Å²) in [7, 11) is 1.55. The third kappa shape index (κ3) is 4.02. The van der Waals surface area contributed by atoms with Gasteiger partial charge >= 0.3 is 0 Å². The number of rotatable bonds is 6. The number of fused-ring (bicyclic) bond motifs is 1. The van der Waals surface area contributed by atoms with Gasteiger partial charge in [-0.15, -0.1) is 11.3 Å². The number of anilines is 1. The number of carbonyl (C=O) groups is 1. The third-order valence-electron chi connectivity index (χ3n) is 5.03. The maximum atomic E-state index is 13.1. The van der Waals surface area contributed by atoms with Crippen LogP contribution in [0.2, 0.25) is 5.02 Å². The van der Waals surface area contributed by atoms with Crippen LogP contribution in [-0.4, -0.2) is 60.7 Å². The summed E-state index contributed by atoms with van der Waals surface area (Å²) in [6.07, 6.45) is 2.45. The molecule has 4 rings (SSSR count). The number of carbonyl (C=O) groups excluding carboxylic acids is 1. The van der Waals surface area contributed by atoms with E-state index in [1.165, 1.54) is 0 Å². The van der Waals surface area contributed by atoms with Gasteiger partial charge in [-0.05, 0) is 30.0 Å². The molecule has 1 aliphatic rings. The van der Waals surface area contributed by atoms with Crippen molar-refractivity contribution in [3.05, 3.63) is 40.5 Å². The Morgan fingerprint density at radius 2 is 2.03 bits per heavy atom. The average Bonchev–Trinajstić information content (AvgIpc) is 3.26. The fourth-order valence-corrected chi connectivity index (χ4v) is 4.51. The third-order valence-corrected chi connectivity index (χ3v) is 6.14. The van der Waals surface area contributed by atoms with Crippen molar-refractivity contribution in [2.45, 2.75) is 13.3 Å². The van der Waals surface area contributed by atoms with Crippen molar-refractivity contribution in [1.29, 1.82) is 0 Å². The van der Waals surface area contributed by atoms with Crippen molar-refractivity contribution in [3.63, 3.8) is 0 Å². The number of halogens is 1. The van der Waals surface area contributed by atoms with Gasteiger partial charge in [0.1, 0.15) is 17.0 Å². The summed E-state index contributed by atoms with van der Waals surface area (Å²) < 4.78 is 11.1. The maximum absolute atomic E-state index is 13.1. The van der Waals surface area contributed by atoms with Crippen LogP contribution in [0.1, 0.15) is 23.7 Å². The average molecular weight is 447 g/mol. The Morgan fingerprint density at radius 1 is 1.23 bits per heavy atom. The second-order valence-electron chi connectivity index (χ2n) is 6.95. The van der Waals surface area contributed by atoms with E-state index in [0.29, 0.717) is 54.9 Å². The van der Waals surface area contributed by atoms with Crippen molar-refractivity contribution < 1.29 is 14.3 Å². The number of aromatic nitrogens is 2. The molecular weight excluding hydrogens is 424 g/mol. The van der Waals surface area contributed by atoms with Crippen LogP contribution in [0, 0.1) is 0 Å². The van der Waals surface area contributed by atoms with E-state index >= 15 is 0 Å². The van der Waals surface area contributed by atoms with Gasteiger partial charge in [0, 0.05) is 31.7 Å². The molecule has 158 valence electrons. The lowest BCUT2D eigenvalue weighted by Crippen LogP contribution is -2.49. The van der Waals surface area contributed by atoms with Gasteiger partial charge in [0.05, 0.1) is 24.1 Å². The van der Waals surface area contributed by atoms with E-state index < -0.39 is 0 Å². The highest BCUT2D eigenvalue weighted by molar-refractivity contribution is 7.16. The minimum atomic E-state index is -0.0692. The molecule has 0 atom stereocenters. The Kier molecular flexibility index (Phi) is 6.24. The van der Waals surface area contributed by atoms with Gasteiger partial charge in [-0.1, -0.05) is 18.5 Å². The smallest absolute Gasteiger partial charge is 0.254 e. The Morgan fingerprint density at radius 3 is 2.77 bits per heavy atom. The topological polar surface area (TPSA) is 67.8 Å². The molecule has 0 unspecified atom stereocenters. The van der Waals surface area contributed by atoms with Gasteiger partial charge in [0.25, 0.3) is 5.91 Å². The highest BCUT2D eigenvalue weighted by atomic mass is 35.5. The van der Waals surface area contributed by atoms with Gasteiger partial charge in [0.15, 0.2) is 11.5 Å². The highest BCUT2D eigenvalue weighted by Crippen LogP contribution is 2.37. The summed E-state index contributed by atoms with van der Waals surface area (Å²) in [6, 6.07) is 5.40. The number of benzene rings is 1. The minimum Gasteiger partial charge on any atom is -0.493 e. The fourth-order valence-electron chi connectivity index (χ4n) is 3.52. The molecule has 0 spiro atoms. The number of thiophene rings is 1. The van der Waals surface area contributed by atoms with Crippen LogP contribution >= 0.6 is 22.9 Å². The standard InChI is InChI=1S/C21H23ClN4O3S/c1-3-9-29-18-16(22)11-14(12-17(18)28-2)21(27)26-7-5-25(6-8-26)19-15-4-10-30-20(15)24-13-23-19/h4,10-13H,3,5-9H2,1-2H3. The predicted octanol–water partition coefficient (Wildman–Crippen LogP) is 4.10. The predicted molar refractivity (Wildman–Crippen MR) is 119 cm³/mol. The van der Waals surface area contributed by atoms with Gasteiger partial charge in [-0.3, -0.25) is 4.79 Å². The second-order valence-corrected chi connectivity index (χ2v) is 8.26. The quantitative estimate of drug-likeness (QED) is 0.567. The van der Waals surface area contributed by atoms with Crippen molar-refractivity contribution >= 4 is 44.9 Å². The SMILES string of the molecule is CCCOc1c(Cl)cc(C(=O)N2CCN(c3ncnc4sccc34)CC2)cc1OC. The summed E-state index contributed by atoms with van der Waals surface area (Å²) in [5.74, 6) is 1.81. The second kappa shape index (κ2) is 9.06. The number of methoxy groups -OCH3 is 1. The first-order chi connectivity index (χ1) is 14.6. The molecule has 9 heteroatoms. The highest BCUT2D eigenvalue weighted by Gasteiger charge is 2.25. The zero-order valence-electron chi connectivity index (χ0n) is 16.9. The minimum absolute atomic E-state index is 0.0692. The van der Waals surface area contributed by atoms with Gasteiger partial charge in [0.2, 0.25) is 0 Å². The van der Waals surface area contributed by atoms with Crippen LogP contribution in [0.25, 0.3) is 10.2 Å². The number of amides is 1. The molecule has 1 fully saturated rings. The molecule has 1 aliphatic heterocycles. The molecule has 3 aromatic rings. The Hall–Kier alpha value is -2.58. The largest absolute Gasteiger partial charge is 0.493 e. The molecule has 7 nitrogen and oxygen atoms in total. The molecule has 0 aliphatic carbocycles. The number of hydrogen-bond acceptors (Lipinski definition) is 7. The fraction of sp³-hybridized carbons (Fsp3) is 0.381. The Balaban J connectivity index is 1.48. The molecule has 30 heavy (non-hydrogen) atoms. The molecule has 3 heterocycles. The van der Waals surface area contributed by atoms with E-state index in [0.717, 1.165) is 22.5 Å². The van der Waals surface area contributed by atoms with Crippen LogP contribution < -0.4 is 14.4 Å². The zero-order chi connectivity index (χ0) is 21.1. The lowest BCUT2D eigenvalue weighted by Gasteiger charge is -2.35. The first kappa shape index (κ1) is 20.7. The van der Waals surface area contributed by atoms with E-state index in [4.69, 9.17) is 21.1 Å². The monoisotopic (exact) mass is 446 g/mol. The summed E-state index contributed by atoms with van der Waals surface area (Å²) in [4.78, 5) is 26.9. The normalized spacial score (nSPS) is 14.2. The van der Waals surface area contributed by atoms with Crippen LogP contribution in [-0.2, 0) is 0 Å². The number of ether oxygens (including phenoxy) is 2. The molecule has 0 bridgehead atoms. The molecule has 0 N–H and O–H groups in total. The summed E-state index contributed by atoms with van der Waals surface area (Å²) in [5.41, 5.74) is 0.497. The van der Waals surface area contributed by atoms with Gasteiger partial charge in [-0.2, -0.15) is 0 Å². The first-order valence-corrected chi connectivity index (χ1v) is 11.1. The lowest BCUT2D eigenvalue weighted by atomic mass is 10.1. The van der Waals surface area contributed by atoms with E-state index in [9.17, 15) is 4.79 Å². The molecule has 1 amide bonds. The lowest BCUT2D eigenvalue weighted by molar-refractivity contribution is 0.0746. The summed E-state index contributed by atoms with van der Waals surface area (Å²) in [5, 5.41) is 3.46.